The number of carbonyl (C=O) groups excluding carboxylic acids is 1. The van der Waals surface area contributed by atoms with Crippen LogP contribution in [0.25, 0.3) is 0 Å². The van der Waals surface area contributed by atoms with Crippen LogP contribution >= 0.6 is 23.1 Å². The van der Waals surface area contributed by atoms with E-state index in [0.29, 0.717) is 25.2 Å². The van der Waals surface area contributed by atoms with E-state index in [4.69, 9.17) is 4.74 Å². The third-order valence-corrected chi connectivity index (χ3v) is 5.92. The van der Waals surface area contributed by atoms with Crippen molar-refractivity contribution in [2.45, 2.75) is 42.4 Å². The van der Waals surface area contributed by atoms with Gasteiger partial charge in [-0.25, -0.2) is 0 Å². The lowest BCUT2D eigenvalue weighted by Gasteiger charge is -2.34. The molecule has 0 atom stereocenters. The highest BCUT2D eigenvalue weighted by Gasteiger charge is 2.36. The average Bonchev–Trinajstić information content (AvgIpc) is 2.91. The van der Waals surface area contributed by atoms with Crippen LogP contribution in [0.1, 0.15) is 32.6 Å². The van der Waals surface area contributed by atoms with E-state index in [9.17, 15) is 9.90 Å². The molecule has 0 unspecified atom stereocenters. The van der Waals surface area contributed by atoms with E-state index in [1.165, 1.54) is 4.21 Å². The minimum Gasteiger partial charge on any atom is -0.466 e. The van der Waals surface area contributed by atoms with E-state index in [1.807, 2.05) is 18.4 Å². The normalized spacial score (nSPS) is 27.2. The van der Waals surface area contributed by atoms with E-state index in [1.54, 1.807) is 23.1 Å². The van der Waals surface area contributed by atoms with Crippen molar-refractivity contribution < 1.29 is 14.6 Å². The van der Waals surface area contributed by atoms with Gasteiger partial charge in [-0.3, -0.25) is 4.79 Å². The van der Waals surface area contributed by atoms with Crippen LogP contribution < -0.4 is 0 Å². The molecule has 0 bridgehead atoms. The standard InChI is InChI=1S/C14H20O3S2/c1-2-17-13(15)11-5-7-14(16,8-6-11)10-19-12-4-3-9-18-12/h3-4,9,11,16H,2,5-8,10H2,1H3. The van der Waals surface area contributed by atoms with Crippen molar-refractivity contribution in [3.8, 4) is 0 Å². The summed E-state index contributed by atoms with van der Waals surface area (Å²) >= 11 is 3.40. The molecule has 2 rings (SSSR count). The predicted octanol–water partition coefficient (Wildman–Crippen LogP) is 3.32. The highest BCUT2D eigenvalue weighted by molar-refractivity contribution is 8.01. The number of ether oxygens (including phenoxy) is 1. The maximum Gasteiger partial charge on any atom is 0.308 e. The summed E-state index contributed by atoms with van der Waals surface area (Å²) in [7, 11) is 0. The minimum atomic E-state index is -0.627. The molecule has 1 aromatic rings. The Morgan fingerprint density at radius 3 is 2.89 bits per heavy atom. The second-order valence-electron chi connectivity index (χ2n) is 4.97. The van der Waals surface area contributed by atoms with Gasteiger partial charge in [-0.15, -0.1) is 23.1 Å². The van der Waals surface area contributed by atoms with Gasteiger partial charge in [-0.1, -0.05) is 6.07 Å². The molecule has 5 heteroatoms. The molecule has 1 heterocycles. The molecule has 0 amide bonds. The first-order valence-electron chi connectivity index (χ1n) is 6.68. The minimum absolute atomic E-state index is 0.0213. The summed E-state index contributed by atoms with van der Waals surface area (Å²) in [5.41, 5.74) is -0.627. The molecule has 1 aromatic heterocycles. The molecule has 0 spiro atoms. The maximum absolute atomic E-state index is 11.6. The van der Waals surface area contributed by atoms with Gasteiger partial charge in [0, 0.05) is 5.75 Å². The lowest BCUT2D eigenvalue weighted by Crippen LogP contribution is -2.38. The molecule has 0 aliphatic heterocycles. The summed E-state index contributed by atoms with van der Waals surface area (Å²) in [6.45, 7) is 2.27. The molecule has 3 nitrogen and oxygen atoms in total. The van der Waals surface area contributed by atoms with Crippen LogP contribution in [-0.2, 0) is 9.53 Å². The molecule has 0 saturated heterocycles. The highest BCUT2D eigenvalue weighted by Crippen LogP contribution is 2.37. The quantitative estimate of drug-likeness (QED) is 0.669. The number of hydrogen-bond acceptors (Lipinski definition) is 5. The molecule has 1 fully saturated rings. The van der Waals surface area contributed by atoms with Crippen molar-refractivity contribution in [3.05, 3.63) is 17.5 Å². The molecular formula is C14H20O3S2. The largest absolute Gasteiger partial charge is 0.466 e. The summed E-state index contributed by atoms with van der Waals surface area (Å²) in [4.78, 5) is 11.6. The molecule has 1 aliphatic rings. The molecule has 1 N–H and O–H groups in total. The molecule has 1 saturated carbocycles. The smallest absolute Gasteiger partial charge is 0.308 e. The maximum atomic E-state index is 11.6. The first kappa shape index (κ1) is 14.9. The monoisotopic (exact) mass is 300 g/mol. The van der Waals surface area contributed by atoms with Gasteiger partial charge in [0.1, 0.15) is 0 Å². The van der Waals surface area contributed by atoms with Crippen LogP contribution in [-0.4, -0.2) is 29.0 Å². The summed E-state index contributed by atoms with van der Waals surface area (Å²) in [5.74, 6) is 0.589. The van der Waals surface area contributed by atoms with E-state index in [2.05, 4.69) is 6.07 Å². The molecule has 106 valence electrons. The molecule has 1 aliphatic carbocycles. The molecule has 0 radical (unpaired) electrons. The van der Waals surface area contributed by atoms with Crippen molar-refractivity contribution in [3.63, 3.8) is 0 Å². The van der Waals surface area contributed by atoms with Crippen molar-refractivity contribution in [1.82, 2.24) is 0 Å². The SMILES string of the molecule is CCOC(=O)C1CCC(O)(CSc2cccs2)CC1. The summed E-state index contributed by atoms with van der Waals surface area (Å²) in [6.07, 6.45) is 2.85. The average molecular weight is 300 g/mol. The van der Waals surface area contributed by atoms with E-state index >= 15 is 0 Å². The fourth-order valence-electron chi connectivity index (χ4n) is 2.35. The Balaban J connectivity index is 1.79. The molecule has 19 heavy (non-hydrogen) atoms. The summed E-state index contributed by atoms with van der Waals surface area (Å²) in [5, 5.41) is 12.6. The van der Waals surface area contributed by atoms with Crippen molar-refractivity contribution >= 4 is 29.1 Å². The Kier molecular flexibility index (Phi) is 5.30. The van der Waals surface area contributed by atoms with Crippen LogP contribution in [0.3, 0.4) is 0 Å². The van der Waals surface area contributed by atoms with Gasteiger partial charge >= 0.3 is 5.97 Å². The van der Waals surface area contributed by atoms with Gasteiger partial charge in [0.2, 0.25) is 0 Å². The predicted molar refractivity (Wildman–Crippen MR) is 78.6 cm³/mol. The van der Waals surface area contributed by atoms with Crippen molar-refractivity contribution in [1.29, 1.82) is 0 Å². The van der Waals surface area contributed by atoms with E-state index in [0.717, 1.165) is 12.8 Å². The first-order chi connectivity index (χ1) is 9.13. The number of carbonyl (C=O) groups is 1. The molecule has 0 aromatic carbocycles. The van der Waals surface area contributed by atoms with Crippen LogP contribution in [0.4, 0.5) is 0 Å². The van der Waals surface area contributed by atoms with E-state index in [-0.39, 0.29) is 11.9 Å². The Morgan fingerprint density at radius 1 is 1.58 bits per heavy atom. The topological polar surface area (TPSA) is 46.5 Å². The Labute approximate surface area is 122 Å². The number of thiophene rings is 1. The molecular weight excluding hydrogens is 280 g/mol. The number of thioether (sulfide) groups is 1. The van der Waals surface area contributed by atoms with Gasteiger partial charge in [0.05, 0.1) is 22.3 Å². The second-order valence-corrected chi connectivity index (χ2v) is 7.19. The fraction of sp³-hybridized carbons (Fsp3) is 0.643. The number of esters is 1. The van der Waals surface area contributed by atoms with Crippen molar-refractivity contribution in [2.24, 2.45) is 5.92 Å². The van der Waals surface area contributed by atoms with Crippen LogP contribution in [0, 0.1) is 5.92 Å². The third-order valence-electron chi connectivity index (χ3n) is 3.51. The van der Waals surface area contributed by atoms with Crippen molar-refractivity contribution in [2.75, 3.05) is 12.4 Å². The van der Waals surface area contributed by atoms with Crippen LogP contribution in [0.5, 0.6) is 0 Å². The Morgan fingerprint density at radius 2 is 2.32 bits per heavy atom. The number of hydrogen-bond donors (Lipinski definition) is 1. The van der Waals surface area contributed by atoms with E-state index < -0.39 is 5.60 Å². The first-order valence-corrected chi connectivity index (χ1v) is 8.55. The lowest BCUT2D eigenvalue weighted by molar-refractivity contribution is -0.150. The van der Waals surface area contributed by atoms with Gasteiger partial charge in [0.25, 0.3) is 0 Å². The zero-order valence-corrected chi connectivity index (χ0v) is 12.8. The summed E-state index contributed by atoms with van der Waals surface area (Å²) in [6, 6.07) is 4.09. The van der Waals surface area contributed by atoms with Crippen LogP contribution in [0.15, 0.2) is 21.7 Å². The Bertz CT molecular complexity index is 395. The second kappa shape index (κ2) is 6.77. The lowest BCUT2D eigenvalue weighted by atomic mass is 9.80. The van der Waals surface area contributed by atoms with Gasteiger partial charge in [-0.05, 0) is 44.1 Å². The zero-order valence-electron chi connectivity index (χ0n) is 11.1. The number of rotatable bonds is 5. The third kappa shape index (κ3) is 4.23. The zero-order chi connectivity index (χ0) is 13.7. The van der Waals surface area contributed by atoms with Gasteiger partial charge < -0.3 is 9.84 Å². The Hall–Kier alpha value is -0.520. The van der Waals surface area contributed by atoms with Gasteiger partial charge in [0.15, 0.2) is 0 Å². The number of aliphatic hydroxyl groups is 1. The summed E-state index contributed by atoms with van der Waals surface area (Å²) < 4.78 is 6.28. The van der Waals surface area contributed by atoms with Crippen LogP contribution in [0.2, 0.25) is 0 Å². The van der Waals surface area contributed by atoms with Gasteiger partial charge in [-0.2, -0.15) is 0 Å². The highest BCUT2D eigenvalue weighted by atomic mass is 32.2. The fourth-order valence-corrected chi connectivity index (χ4v) is 4.28.